The largest absolute Gasteiger partial charge is 0.481 e. The number of ether oxygens (including phenoxy) is 1. The van der Waals surface area contributed by atoms with Crippen LogP contribution in [-0.4, -0.2) is 27.7 Å². The first-order valence-corrected chi connectivity index (χ1v) is 6.65. The number of carboxylic acid groups (broad SMARTS) is 1. The average molecular weight is 328 g/mol. The third kappa shape index (κ3) is 5.89. The van der Waals surface area contributed by atoms with Gasteiger partial charge >= 0.3 is 12.1 Å². The molecule has 0 aromatic heterocycles. The Morgan fingerprint density at radius 3 is 2.48 bits per heavy atom. The van der Waals surface area contributed by atoms with Crippen LogP contribution in [0.1, 0.15) is 38.8 Å². The fourth-order valence-corrected chi connectivity index (χ4v) is 1.78. The minimum Gasteiger partial charge on any atom is -0.481 e. The number of carboxylic acids is 1. The predicted molar refractivity (Wildman–Crippen MR) is 77.4 cm³/mol. The molecule has 0 aliphatic heterocycles. The van der Waals surface area contributed by atoms with E-state index in [1.807, 2.05) is 0 Å². The molecular weight excluding hydrogens is 311 g/mol. The second kappa shape index (κ2) is 7.03. The minimum atomic E-state index is -1.27. The van der Waals surface area contributed by atoms with E-state index in [1.165, 1.54) is 0 Å². The Labute approximate surface area is 131 Å². The lowest BCUT2D eigenvalue weighted by molar-refractivity contribution is -0.385. The standard InChI is InChI=1S/C14H17FN2O6/c1-14(2,3)23-13(20)16-11(7-12(18)19)9-5-4-8(17(21)22)6-10(9)15/h4-6,11H,7H2,1-3H3,(H,16,20)(H,18,19)/t11-/m0/s1. The molecule has 1 aromatic carbocycles. The van der Waals surface area contributed by atoms with Crippen molar-refractivity contribution in [2.24, 2.45) is 0 Å². The highest BCUT2D eigenvalue weighted by molar-refractivity contribution is 5.72. The van der Waals surface area contributed by atoms with Crippen LogP contribution < -0.4 is 5.32 Å². The van der Waals surface area contributed by atoms with Crippen LogP contribution in [0.5, 0.6) is 0 Å². The van der Waals surface area contributed by atoms with Crippen molar-refractivity contribution in [3.05, 3.63) is 39.7 Å². The van der Waals surface area contributed by atoms with Crippen LogP contribution in [0.4, 0.5) is 14.9 Å². The highest BCUT2D eigenvalue weighted by Crippen LogP contribution is 2.24. The Kier molecular flexibility index (Phi) is 5.61. The van der Waals surface area contributed by atoms with Crippen LogP contribution in [0.15, 0.2) is 18.2 Å². The molecule has 0 fully saturated rings. The van der Waals surface area contributed by atoms with E-state index in [0.717, 1.165) is 12.1 Å². The number of nitrogens with one attached hydrogen (secondary N) is 1. The Balaban J connectivity index is 3.05. The number of halogens is 1. The zero-order valence-electron chi connectivity index (χ0n) is 12.8. The summed E-state index contributed by atoms with van der Waals surface area (Å²) in [4.78, 5) is 32.5. The maximum absolute atomic E-state index is 14.0. The van der Waals surface area contributed by atoms with Gasteiger partial charge in [-0.2, -0.15) is 0 Å². The monoisotopic (exact) mass is 328 g/mol. The first-order valence-electron chi connectivity index (χ1n) is 6.65. The lowest BCUT2D eigenvalue weighted by Crippen LogP contribution is -2.36. The number of nitrogens with zero attached hydrogens (tertiary/aromatic N) is 1. The Morgan fingerprint density at radius 2 is 2.04 bits per heavy atom. The maximum Gasteiger partial charge on any atom is 0.408 e. The number of hydrogen-bond acceptors (Lipinski definition) is 5. The van der Waals surface area contributed by atoms with E-state index in [2.05, 4.69) is 5.32 Å². The molecule has 8 nitrogen and oxygen atoms in total. The molecule has 9 heteroatoms. The van der Waals surface area contributed by atoms with E-state index < -0.39 is 46.6 Å². The maximum atomic E-state index is 14.0. The molecule has 0 heterocycles. The quantitative estimate of drug-likeness (QED) is 0.633. The van der Waals surface area contributed by atoms with E-state index >= 15 is 0 Å². The molecule has 0 radical (unpaired) electrons. The number of nitro benzene ring substituents is 1. The minimum absolute atomic E-state index is 0.177. The highest BCUT2D eigenvalue weighted by atomic mass is 19.1. The topological polar surface area (TPSA) is 119 Å². The molecule has 126 valence electrons. The summed E-state index contributed by atoms with van der Waals surface area (Å²) in [6.45, 7) is 4.85. The number of carbonyl (C=O) groups excluding carboxylic acids is 1. The van der Waals surface area contributed by atoms with E-state index in [1.54, 1.807) is 20.8 Å². The van der Waals surface area contributed by atoms with Crippen LogP contribution in [0.3, 0.4) is 0 Å². The summed E-state index contributed by atoms with van der Waals surface area (Å²) in [6.07, 6.45) is -1.52. The van der Waals surface area contributed by atoms with Crippen molar-refractivity contribution in [1.29, 1.82) is 0 Å². The van der Waals surface area contributed by atoms with Crippen LogP contribution in [0, 0.1) is 15.9 Å². The van der Waals surface area contributed by atoms with Gasteiger partial charge in [0.25, 0.3) is 5.69 Å². The molecule has 1 aromatic rings. The smallest absolute Gasteiger partial charge is 0.408 e. The molecule has 0 saturated carbocycles. The Morgan fingerprint density at radius 1 is 1.43 bits per heavy atom. The van der Waals surface area contributed by atoms with Gasteiger partial charge in [0.15, 0.2) is 0 Å². The van der Waals surface area contributed by atoms with E-state index in [0.29, 0.717) is 6.07 Å². The second-order valence-corrected chi connectivity index (χ2v) is 5.76. The van der Waals surface area contributed by atoms with Crippen LogP contribution in [-0.2, 0) is 9.53 Å². The lowest BCUT2D eigenvalue weighted by Gasteiger charge is -2.23. The highest BCUT2D eigenvalue weighted by Gasteiger charge is 2.25. The molecule has 0 spiro atoms. The van der Waals surface area contributed by atoms with Gasteiger partial charge < -0.3 is 15.2 Å². The molecule has 0 bridgehead atoms. The van der Waals surface area contributed by atoms with Gasteiger partial charge in [0, 0.05) is 11.6 Å². The number of alkyl carbamates (subject to hydrolysis) is 1. The molecule has 0 saturated heterocycles. The van der Waals surface area contributed by atoms with Gasteiger partial charge in [-0.25, -0.2) is 9.18 Å². The van der Waals surface area contributed by atoms with Gasteiger partial charge in [0.05, 0.1) is 23.5 Å². The zero-order valence-corrected chi connectivity index (χ0v) is 12.8. The Hall–Kier alpha value is -2.71. The van der Waals surface area contributed by atoms with Crippen molar-refractivity contribution in [3.63, 3.8) is 0 Å². The number of amides is 1. The van der Waals surface area contributed by atoms with Gasteiger partial charge in [-0.3, -0.25) is 14.9 Å². The summed E-state index contributed by atoms with van der Waals surface area (Å²) >= 11 is 0. The first-order chi connectivity index (χ1) is 10.5. The number of benzene rings is 1. The van der Waals surface area contributed by atoms with Gasteiger partial charge in [-0.05, 0) is 26.8 Å². The normalized spacial score (nSPS) is 12.3. The number of carbonyl (C=O) groups is 2. The lowest BCUT2D eigenvalue weighted by atomic mass is 10.0. The van der Waals surface area contributed by atoms with E-state index in [4.69, 9.17) is 9.84 Å². The summed E-state index contributed by atoms with van der Waals surface area (Å²) < 4.78 is 19.0. The molecule has 0 aliphatic rings. The predicted octanol–water partition coefficient (Wildman–Crippen LogP) is 2.77. The van der Waals surface area contributed by atoms with Crippen LogP contribution >= 0.6 is 0 Å². The van der Waals surface area contributed by atoms with Crippen molar-refractivity contribution in [1.82, 2.24) is 5.32 Å². The molecule has 1 amide bonds. The summed E-state index contributed by atoms with van der Waals surface area (Å²) in [7, 11) is 0. The van der Waals surface area contributed by atoms with Crippen LogP contribution in [0.25, 0.3) is 0 Å². The number of non-ortho nitro benzene ring substituents is 1. The summed E-state index contributed by atoms with van der Waals surface area (Å²) in [5.41, 5.74) is -1.47. The molecule has 1 rings (SSSR count). The second-order valence-electron chi connectivity index (χ2n) is 5.76. The van der Waals surface area contributed by atoms with E-state index in [-0.39, 0.29) is 5.56 Å². The van der Waals surface area contributed by atoms with Gasteiger partial charge in [-0.15, -0.1) is 0 Å². The Bertz CT molecular complexity index is 626. The summed E-state index contributed by atoms with van der Waals surface area (Å²) in [6, 6.07) is 1.55. The van der Waals surface area contributed by atoms with Crippen molar-refractivity contribution in [2.45, 2.75) is 38.8 Å². The molecule has 2 N–H and O–H groups in total. The number of hydrogen-bond donors (Lipinski definition) is 2. The summed E-state index contributed by atoms with van der Waals surface area (Å²) in [5.74, 6) is -2.26. The van der Waals surface area contributed by atoms with Gasteiger partial charge in [-0.1, -0.05) is 0 Å². The van der Waals surface area contributed by atoms with Gasteiger partial charge in [0.1, 0.15) is 11.4 Å². The van der Waals surface area contributed by atoms with Crippen molar-refractivity contribution < 1.29 is 28.7 Å². The zero-order chi connectivity index (χ0) is 17.8. The molecule has 0 aliphatic carbocycles. The molecular formula is C14H17FN2O6. The fraction of sp³-hybridized carbons (Fsp3) is 0.429. The molecule has 0 unspecified atom stereocenters. The number of nitro groups is 1. The summed E-state index contributed by atoms with van der Waals surface area (Å²) in [5, 5.41) is 21.8. The van der Waals surface area contributed by atoms with Crippen molar-refractivity contribution in [2.75, 3.05) is 0 Å². The van der Waals surface area contributed by atoms with Crippen molar-refractivity contribution in [3.8, 4) is 0 Å². The molecule has 23 heavy (non-hydrogen) atoms. The van der Waals surface area contributed by atoms with Crippen molar-refractivity contribution >= 4 is 17.7 Å². The number of rotatable bonds is 5. The van der Waals surface area contributed by atoms with E-state index in [9.17, 15) is 24.1 Å². The average Bonchev–Trinajstić information content (AvgIpc) is 2.34. The number of aliphatic carboxylic acids is 1. The third-order valence-corrected chi connectivity index (χ3v) is 2.64. The van der Waals surface area contributed by atoms with Gasteiger partial charge in [0.2, 0.25) is 0 Å². The van der Waals surface area contributed by atoms with Crippen LogP contribution in [0.2, 0.25) is 0 Å². The third-order valence-electron chi connectivity index (χ3n) is 2.64. The SMILES string of the molecule is CC(C)(C)OC(=O)N[C@@H](CC(=O)O)c1ccc([N+](=O)[O-])cc1F. The first kappa shape index (κ1) is 18.3. The molecule has 1 atom stereocenters. The fourth-order valence-electron chi connectivity index (χ4n) is 1.78.